The van der Waals surface area contributed by atoms with Crippen molar-refractivity contribution in [1.29, 1.82) is 0 Å². The summed E-state index contributed by atoms with van der Waals surface area (Å²) >= 11 is 0. The molecule has 0 bridgehead atoms. The number of aryl methyl sites for hydroxylation is 1. The van der Waals surface area contributed by atoms with Crippen LogP contribution in [-0.4, -0.2) is 37.6 Å². The first kappa shape index (κ1) is 19.1. The van der Waals surface area contributed by atoms with Crippen molar-refractivity contribution in [2.24, 2.45) is 16.6 Å². The maximum atomic E-state index is 6.09. The SMILES string of the molecule is COc1cccc(CCCN=C(N)N2CCCC(C)C2)c1.I. The number of nitrogens with two attached hydrogens (primary N) is 1. The molecule has 1 saturated heterocycles. The van der Waals surface area contributed by atoms with E-state index in [1.807, 2.05) is 12.1 Å². The fourth-order valence-electron chi connectivity index (χ4n) is 2.80. The van der Waals surface area contributed by atoms with Crippen molar-refractivity contribution >= 4 is 29.9 Å². The van der Waals surface area contributed by atoms with Crippen LogP contribution < -0.4 is 10.5 Å². The minimum absolute atomic E-state index is 0. The van der Waals surface area contributed by atoms with Gasteiger partial charge in [0.1, 0.15) is 5.75 Å². The third kappa shape index (κ3) is 6.02. The number of hydrogen-bond acceptors (Lipinski definition) is 2. The molecule has 0 radical (unpaired) electrons. The van der Waals surface area contributed by atoms with Gasteiger partial charge in [-0.2, -0.15) is 0 Å². The van der Waals surface area contributed by atoms with Crippen LogP contribution in [0, 0.1) is 5.92 Å². The van der Waals surface area contributed by atoms with Crippen LogP contribution in [0.5, 0.6) is 5.75 Å². The molecule has 124 valence electrons. The summed E-state index contributed by atoms with van der Waals surface area (Å²) in [6.45, 7) is 5.16. The average Bonchev–Trinajstić information content (AvgIpc) is 2.51. The summed E-state index contributed by atoms with van der Waals surface area (Å²) in [7, 11) is 1.70. The highest BCUT2D eigenvalue weighted by Gasteiger charge is 2.17. The first-order valence-corrected chi connectivity index (χ1v) is 7.87. The van der Waals surface area contributed by atoms with Crippen LogP contribution in [0.15, 0.2) is 29.3 Å². The van der Waals surface area contributed by atoms with Crippen molar-refractivity contribution in [2.45, 2.75) is 32.6 Å². The van der Waals surface area contributed by atoms with Crippen molar-refractivity contribution in [3.63, 3.8) is 0 Å². The highest BCUT2D eigenvalue weighted by Crippen LogP contribution is 2.15. The third-order valence-corrected chi connectivity index (χ3v) is 4.01. The summed E-state index contributed by atoms with van der Waals surface area (Å²) in [5.41, 5.74) is 7.38. The third-order valence-electron chi connectivity index (χ3n) is 4.01. The van der Waals surface area contributed by atoms with Gasteiger partial charge in [-0.05, 0) is 49.3 Å². The number of rotatable bonds is 5. The number of guanidine groups is 1. The van der Waals surface area contributed by atoms with E-state index >= 15 is 0 Å². The number of aliphatic imine (C=N–C) groups is 1. The van der Waals surface area contributed by atoms with Gasteiger partial charge < -0.3 is 15.4 Å². The molecule has 22 heavy (non-hydrogen) atoms. The molecule has 2 N–H and O–H groups in total. The van der Waals surface area contributed by atoms with E-state index in [4.69, 9.17) is 10.5 Å². The Morgan fingerprint density at radius 3 is 3.00 bits per heavy atom. The normalized spacial score (nSPS) is 18.7. The van der Waals surface area contributed by atoms with E-state index < -0.39 is 0 Å². The van der Waals surface area contributed by atoms with Gasteiger partial charge >= 0.3 is 0 Å². The first-order chi connectivity index (χ1) is 10.2. The molecule has 0 amide bonds. The second-order valence-corrected chi connectivity index (χ2v) is 5.89. The van der Waals surface area contributed by atoms with E-state index in [2.05, 4.69) is 28.9 Å². The zero-order chi connectivity index (χ0) is 15.1. The molecule has 1 aliphatic heterocycles. The molecule has 0 saturated carbocycles. The van der Waals surface area contributed by atoms with Gasteiger partial charge in [0.05, 0.1) is 7.11 Å². The lowest BCUT2D eigenvalue weighted by Crippen LogP contribution is -2.43. The second kappa shape index (κ2) is 9.92. The van der Waals surface area contributed by atoms with Crippen LogP contribution >= 0.6 is 24.0 Å². The lowest BCUT2D eigenvalue weighted by Gasteiger charge is -2.31. The van der Waals surface area contributed by atoms with Crippen molar-refractivity contribution in [1.82, 2.24) is 4.90 Å². The molecular formula is C17H28IN3O. The number of ether oxygens (including phenoxy) is 1. The number of nitrogens with zero attached hydrogens (tertiary/aromatic N) is 2. The molecule has 1 aliphatic rings. The summed E-state index contributed by atoms with van der Waals surface area (Å²) in [5, 5.41) is 0. The van der Waals surface area contributed by atoms with E-state index in [1.165, 1.54) is 18.4 Å². The van der Waals surface area contributed by atoms with Crippen molar-refractivity contribution in [3.8, 4) is 5.75 Å². The Kier molecular flexibility index (Phi) is 8.60. The number of halogens is 1. The molecule has 0 aromatic heterocycles. The van der Waals surface area contributed by atoms with Gasteiger partial charge in [0.15, 0.2) is 5.96 Å². The van der Waals surface area contributed by atoms with Crippen LogP contribution in [0.4, 0.5) is 0 Å². The van der Waals surface area contributed by atoms with Crippen molar-refractivity contribution in [3.05, 3.63) is 29.8 Å². The van der Waals surface area contributed by atoms with Crippen LogP contribution in [-0.2, 0) is 6.42 Å². The van der Waals surface area contributed by atoms with E-state index in [-0.39, 0.29) is 24.0 Å². The highest BCUT2D eigenvalue weighted by molar-refractivity contribution is 14.0. The molecule has 1 aromatic rings. The quantitative estimate of drug-likeness (QED) is 0.346. The van der Waals surface area contributed by atoms with Crippen molar-refractivity contribution in [2.75, 3.05) is 26.7 Å². The standard InChI is InChI=1S/C17H27N3O.HI/c1-14-6-5-11-20(13-14)17(18)19-10-4-8-15-7-3-9-16(12-15)21-2;/h3,7,9,12,14H,4-6,8,10-11,13H2,1-2H3,(H2,18,19);1H. The number of benzene rings is 1. The van der Waals surface area contributed by atoms with Gasteiger partial charge in [-0.15, -0.1) is 24.0 Å². The maximum absolute atomic E-state index is 6.09. The molecule has 1 aromatic carbocycles. The molecule has 5 heteroatoms. The number of likely N-dealkylation sites (tertiary alicyclic amines) is 1. The Labute approximate surface area is 151 Å². The maximum Gasteiger partial charge on any atom is 0.191 e. The molecule has 0 spiro atoms. The lowest BCUT2D eigenvalue weighted by molar-refractivity contribution is 0.270. The van der Waals surface area contributed by atoms with Crippen LogP contribution in [0.2, 0.25) is 0 Å². The van der Waals surface area contributed by atoms with E-state index in [0.29, 0.717) is 5.96 Å². The van der Waals surface area contributed by atoms with E-state index in [1.54, 1.807) is 7.11 Å². The van der Waals surface area contributed by atoms with E-state index in [0.717, 1.165) is 44.1 Å². The largest absolute Gasteiger partial charge is 0.497 e. The zero-order valence-electron chi connectivity index (χ0n) is 13.6. The fraction of sp³-hybridized carbons (Fsp3) is 0.588. The Hall–Kier alpha value is -0.980. The van der Waals surface area contributed by atoms with Crippen LogP contribution in [0.25, 0.3) is 0 Å². The molecule has 4 nitrogen and oxygen atoms in total. The molecular weight excluding hydrogens is 389 g/mol. The Bertz CT molecular complexity index is 479. The topological polar surface area (TPSA) is 50.9 Å². The molecule has 1 unspecified atom stereocenters. The van der Waals surface area contributed by atoms with Gasteiger partial charge in [0.25, 0.3) is 0 Å². The predicted octanol–water partition coefficient (Wildman–Crippen LogP) is 3.29. The highest BCUT2D eigenvalue weighted by atomic mass is 127. The summed E-state index contributed by atoms with van der Waals surface area (Å²) in [5.74, 6) is 2.36. The van der Waals surface area contributed by atoms with Gasteiger partial charge in [-0.3, -0.25) is 4.99 Å². The number of piperidine rings is 1. The average molecular weight is 417 g/mol. The summed E-state index contributed by atoms with van der Waals surface area (Å²) < 4.78 is 5.23. The minimum atomic E-state index is 0. The molecule has 1 atom stereocenters. The Morgan fingerprint density at radius 2 is 2.27 bits per heavy atom. The van der Waals surface area contributed by atoms with Gasteiger partial charge in [0.2, 0.25) is 0 Å². The first-order valence-electron chi connectivity index (χ1n) is 7.87. The second-order valence-electron chi connectivity index (χ2n) is 5.89. The lowest BCUT2D eigenvalue weighted by atomic mass is 10.0. The Morgan fingerprint density at radius 1 is 1.45 bits per heavy atom. The molecule has 1 heterocycles. The van der Waals surface area contributed by atoms with Gasteiger partial charge in [-0.1, -0.05) is 19.1 Å². The number of methoxy groups -OCH3 is 1. The minimum Gasteiger partial charge on any atom is -0.497 e. The summed E-state index contributed by atoms with van der Waals surface area (Å²) in [6, 6.07) is 8.21. The number of hydrogen-bond donors (Lipinski definition) is 1. The monoisotopic (exact) mass is 417 g/mol. The summed E-state index contributed by atoms with van der Waals surface area (Å²) in [4.78, 5) is 6.75. The van der Waals surface area contributed by atoms with Crippen LogP contribution in [0.1, 0.15) is 31.7 Å². The summed E-state index contributed by atoms with van der Waals surface area (Å²) in [6.07, 6.45) is 4.54. The van der Waals surface area contributed by atoms with Gasteiger partial charge in [-0.25, -0.2) is 0 Å². The molecule has 1 fully saturated rings. The predicted molar refractivity (Wildman–Crippen MR) is 103 cm³/mol. The smallest absolute Gasteiger partial charge is 0.191 e. The Balaban J connectivity index is 0.00000242. The molecule has 0 aliphatic carbocycles. The zero-order valence-corrected chi connectivity index (χ0v) is 16.0. The van der Waals surface area contributed by atoms with E-state index in [9.17, 15) is 0 Å². The fourth-order valence-corrected chi connectivity index (χ4v) is 2.80. The molecule has 2 rings (SSSR count). The van der Waals surface area contributed by atoms with Crippen LogP contribution in [0.3, 0.4) is 0 Å². The van der Waals surface area contributed by atoms with Crippen molar-refractivity contribution < 1.29 is 4.74 Å². The van der Waals surface area contributed by atoms with Gasteiger partial charge in [0, 0.05) is 19.6 Å².